The lowest BCUT2D eigenvalue weighted by molar-refractivity contribution is -0.114. The number of rotatable bonds is 12. The van der Waals surface area contributed by atoms with E-state index in [2.05, 4.69) is 16.0 Å². The molecule has 0 atom stereocenters. The number of carbonyl (C=O) groups excluding carboxylic acids is 3. The van der Waals surface area contributed by atoms with Crippen molar-refractivity contribution in [2.24, 2.45) is 0 Å². The Labute approximate surface area is 274 Å². The first-order chi connectivity index (χ1) is 21.7. The molecule has 4 rings (SSSR count). The Hall–Kier alpha value is -4.64. The molecule has 0 aliphatic carbocycles. The van der Waals surface area contributed by atoms with E-state index in [0.717, 1.165) is 4.90 Å². The summed E-state index contributed by atoms with van der Waals surface area (Å²) in [6.07, 6.45) is 1.49. The summed E-state index contributed by atoms with van der Waals surface area (Å²) < 4.78 is 16.3. The smallest absolute Gasteiger partial charge is 0.272 e. The van der Waals surface area contributed by atoms with E-state index in [1.54, 1.807) is 78.9 Å². The maximum absolute atomic E-state index is 13.6. The molecule has 0 heterocycles. The van der Waals surface area contributed by atoms with Gasteiger partial charge < -0.3 is 30.2 Å². The van der Waals surface area contributed by atoms with E-state index < -0.39 is 11.8 Å². The quantitative estimate of drug-likeness (QED) is 0.109. The minimum Gasteiger partial charge on any atom is -0.496 e. The highest BCUT2D eigenvalue weighted by atomic mass is 35.5. The number of hydrogen-bond donors (Lipinski definition) is 3. The van der Waals surface area contributed by atoms with E-state index in [4.69, 9.17) is 37.4 Å². The highest BCUT2D eigenvalue weighted by Gasteiger charge is 2.18. The van der Waals surface area contributed by atoms with Crippen LogP contribution in [0.2, 0.25) is 10.0 Å². The third-order valence-corrected chi connectivity index (χ3v) is 7.79. The highest BCUT2D eigenvalue weighted by Crippen LogP contribution is 2.36. The van der Waals surface area contributed by atoms with Crippen LogP contribution >= 0.6 is 35.0 Å². The largest absolute Gasteiger partial charge is 0.496 e. The number of amides is 3. The number of thioether (sulfide) groups is 1. The van der Waals surface area contributed by atoms with Crippen LogP contribution in [0.25, 0.3) is 6.08 Å². The third kappa shape index (κ3) is 9.18. The predicted molar refractivity (Wildman–Crippen MR) is 179 cm³/mol. The summed E-state index contributed by atoms with van der Waals surface area (Å²) in [7, 11) is 4.47. The maximum atomic E-state index is 13.6. The summed E-state index contributed by atoms with van der Waals surface area (Å²) in [4.78, 5) is 40.0. The van der Waals surface area contributed by atoms with Gasteiger partial charge in [0, 0.05) is 32.8 Å². The molecule has 0 aliphatic heterocycles. The fourth-order valence-electron chi connectivity index (χ4n) is 4.05. The molecular formula is C33H29Cl2N3O6S. The van der Waals surface area contributed by atoms with Gasteiger partial charge in [-0.1, -0.05) is 47.5 Å². The number of hydrogen-bond acceptors (Lipinski definition) is 7. The van der Waals surface area contributed by atoms with E-state index in [1.807, 2.05) is 6.07 Å². The normalized spacial score (nSPS) is 10.9. The molecular weight excluding hydrogens is 637 g/mol. The molecule has 0 saturated heterocycles. The number of anilines is 2. The van der Waals surface area contributed by atoms with Gasteiger partial charge in [-0.2, -0.15) is 0 Å². The van der Waals surface area contributed by atoms with E-state index in [0.29, 0.717) is 49.8 Å². The van der Waals surface area contributed by atoms with Crippen molar-refractivity contribution < 1.29 is 28.6 Å². The highest BCUT2D eigenvalue weighted by molar-refractivity contribution is 8.00. The Bertz CT molecular complexity index is 1730. The summed E-state index contributed by atoms with van der Waals surface area (Å²) in [6.45, 7) is 0. The molecule has 3 amide bonds. The zero-order chi connectivity index (χ0) is 32.3. The van der Waals surface area contributed by atoms with Gasteiger partial charge in [-0.15, -0.1) is 11.8 Å². The first-order valence-corrected chi connectivity index (χ1v) is 15.1. The van der Waals surface area contributed by atoms with Crippen LogP contribution in [0.4, 0.5) is 11.4 Å². The molecule has 4 aromatic carbocycles. The topological polar surface area (TPSA) is 115 Å². The number of ether oxygens (including phenoxy) is 3. The van der Waals surface area contributed by atoms with Crippen LogP contribution in [0.5, 0.6) is 17.2 Å². The Kier molecular flexibility index (Phi) is 11.7. The Morgan fingerprint density at radius 2 is 1.49 bits per heavy atom. The molecule has 12 heteroatoms. The maximum Gasteiger partial charge on any atom is 0.272 e. The van der Waals surface area contributed by atoms with E-state index in [9.17, 15) is 14.4 Å². The minimum atomic E-state index is -0.591. The first kappa shape index (κ1) is 33.3. The molecule has 0 bridgehead atoms. The lowest BCUT2D eigenvalue weighted by Gasteiger charge is -2.15. The molecule has 4 aromatic rings. The van der Waals surface area contributed by atoms with Crippen molar-refractivity contribution in [3.8, 4) is 17.2 Å². The number of carbonyl (C=O) groups is 3. The van der Waals surface area contributed by atoms with E-state index in [1.165, 1.54) is 39.2 Å². The zero-order valence-electron chi connectivity index (χ0n) is 24.5. The zero-order valence-corrected chi connectivity index (χ0v) is 26.8. The molecule has 0 saturated carbocycles. The van der Waals surface area contributed by atoms with Gasteiger partial charge in [0.15, 0.2) is 11.5 Å². The summed E-state index contributed by atoms with van der Waals surface area (Å²) >= 11 is 13.4. The van der Waals surface area contributed by atoms with Crippen LogP contribution in [0.15, 0.2) is 95.5 Å². The lowest BCUT2D eigenvalue weighted by atomic mass is 10.1. The summed E-state index contributed by atoms with van der Waals surface area (Å²) in [5.74, 6) is -0.0378. The standard InChI is InChI=1S/C33H29Cl2N3O6S/c1-42-28-18-30(44-3)29(43-2)15-21(28)14-27(38-32(40)20-8-5-4-6-9-20)33(41)36-23-10-7-11-24(17-23)45-19-31(39)37-26-16-22(34)12-13-25(26)35/h4-18H,19H2,1-3H3,(H,36,41)(H,37,39)(H,38,40)/b27-14+. The van der Waals surface area contributed by atoms with Gasteiger partial charge in [0.05, 0.1) is 37.8 Å². The van der Waals surface area contributed by atoms with Crippen molar-refractivity contribution in [3.63, 3.8) is 0 Å². The number of benzene rings is 4. The van der Waals surface area contributed by atoms with Gasteiger partial charge in [0.2, 0.25) is 5.91 Å². The van der Waals surface area contributed by atoms with Crippen molar-refractivity contribution in [1.29, 1.82) is 0 Å². The Morgan fingerprint density at radius 1 is 0.778 bits per heavy atom. The van der Waals surface area contributed by atoms with Crippen molar-refractivity contribution in [1.82, 2.24) is 5.32 Å². The van der Waals surface area contributed by atoms with Crippen LogP contribution in [0.3, 0.4) is 0 Å². The second-order valence-corrected chi connectivity index (χ2v) is 11.2. The van der Waals surface area contributed by atoms with Crippen LogP contribution in [-0.2, 0) is 9.59 Å². The van der Waals surface area contributed by atoms with Gasteiger partial charge in [-0.3, -0.25) is 14.4 Å². The Morgan fingerprint density at radius 3 is 2.20 bits per heavy atom. The monoisotopic (exact) mass is 665 g/mol. The second kappa shape index (κ2) is 15.9. The molecule has 9 nitrogen and oxygen atoms in total. The van der Waals surface area contributed by atoms with Gasteiger partial charge in [-0.05, 0) is 60.7 Å². The average molecular weight is 667 g/mol. The summed E-state index contributed by atoms with van der Waals surface area (Å²) in [6, 6.07) is 23.5. The molecule has 0 fully saturated rings. The number of methoxy groups -OCH3 is 3. The van der Waals surface area contributed by atoms with Gasteiger partial charge in [-0.25, -0.2) is 0 Å². The molecule has 232 valence electrons. The average Bonchev–Trinajstić information content (AvgIpc) is 3.05. The van der Waals surface area contributed by atoms with Crippen LogP contribution in [0, 0.1) is 0 Å². The first-order valence-electron chi connectivity index (χ1n) is 13.4. The van der Waals surface area contributed by atoms with Crippen LogP contribution < -0.4 is 30.2 Å². The fourth-order valence-corrected chi connectivity index (χ4v) is 5.15. The van der Waals surface area contributed by atoms with E-state index >= 15 is 0 Å². The van der Waals surface area contributed by atoms with Gasteiger partial charge in [0.1, 0.15) is 11.4 Å². The van der Waals surface area contributed by atoms with Crippen molar-refractivity contribution in [3.05, 3.63) is 112 Å². The molecule has 0 aliphatic rings. The molecule has 0 radical (unpaired) electrons. The third-order valence-electron chi connectivity index (χ3n) is 6.23. The second-order valence-electron chi connectivity index (χ2n) is 9.27. The number of nitrogens with one attached hydrogen (secondary N) is 3. The SMILES string of the molecule is COc1cc(OC)c(OC)cc1/C=C(/NC(=O)c1ccccc1)C(=O)Nc1cccc(SCC(=O)Nc2cc(Cl)ccc2Cl)c1. The van der Waals surface area contributed by atoms with Crippen molar-refractivity contribution >= 4 is 70.1 Å². The van der Waals surface area contributed by atoms with Crippen LogP contribution in [0.1, 0.15) is 15.9 Å². The lowest BCUT2D eigenvalue weighted by Crippen LogP contribution is -2.30. The Balaban J connectivity index is 1.55. The van der Waals surface area contributed by atoms with E-state index in [-0.39, 0.29) is 17.4 Å². The minimum absolute atomic E-state index is 0.0507. The van der Waals surface area contributed by atoms with Crippen LogP contribution in [-0.4, -0.2) is 44.8 Å². The number of halogens is 2. The van der Waals surface area contributed by atoms with Gasteiger partial charge in [0.25, 0.3) is 11.8 Å². The molecule has 45 heavy (non-hydrogen) atoms. The van der Waals surface area contributed by atoms with Crippen molar-refractivity contribution in [2.45, 2.75) is 4.90 Å². The van der Waals surface area contributed by atoms with Gasteiger partial charge >= 0.3 is 0 Å². The predicted octanol–water partition coefficient (Wildman–Crippen LogP) is 7.16. The molecule has 3 N–H and O–H groups in total. The van der Waals surface area contributed by atoms with Crippen molar-refractivity contribution in [2.75, 3.05) is 37.7 Å². The molecule has 0 aromatic heterocycles. The molecule has 0 spiro atoms. The summed E-state index contributed by atoms with van der Waals surface area (Å²) in [5, 5.41) is 9.10. The fraction of sp³-hybridized carbons (Fsp3) is 0.121. The molecule has 0 unspecified atom stereocenters. The summed E-state index contributed by atoms with van der Waals surface area (Å²) in [5.41, 5.74) is 1.64.